The highest BCUT2D eigenvalue weighted by Gasteiger charge is 2.61. The molecular formula is C17H22N2O3. The van der Waals surface area contributed by atoms with Crippen molar-refractivity contribution in [1.82, 2.24) is 5.32 Å². The lowest BCUT2D eigenvalue weighted by atomic mass is 9.65. The van der Waals surface area contributed by atoms with E-state index in [9.17, 15) is 15.2 Å². The molecule has 1 aromatic rings. The van der Waals surface area contributed by atoms with Gasteiger partial charge in [-0.2, -0.15) is 5.26 Å². The van der Waals surface area contributed by atoms with E-state index in [1.54, 1.807) is 32.9 Å². The molecule has 118 valence electrons. The zero-order valence-corrected chi connectivity index (χ0v) is 13.9. The zero-order chi connectivity index (χ0) is 16.9. The largest absolute Gasteiger partial charge is 0.485 e. The Morgan fingerprint density at radius 2 is 1.91 bits per heavy atom. The highest BCUT2D eigenvalue weighted by molar-refractivity contribution is 5.75. The Bertz CT molecular complexity index is 686. The van der Waals surface area contributed by atoms with Crippen LogP contribution in [0, 0.1) is 18.3 Å². The summed E-state index contributed by atoms with van der Waals surface area (Å²) < 4.78 is 6.07. The Hall–Kier alpha value is -2.06. The number of benzene rings is 1. The van der Waals surface area contributed by atoms with Crippen molar-refractivity contribution in [2.75, 3.05) is 0 Å². The van der Waals surface area contributed by atoms with Gasteiger partial charge in [0.2, 0.25) is 5.91 Å². The minimum Gasteiger partial charge on any atom is -0.485 e. The number of fused-ring (bicyclic) bond motifs is 1. The molecule has 0 saturated carbocycles. The lowest BCUT2D eigenvalue weighted by Gasteiger charge is -2.56. The van der Waals surface area contributed by atoms with Crippen LogP contribution in [0.15, 0.2) is 12.1 Å². The van der Waals surface area contributed by atoms with E-state index in [0.29, 0.717) is 22.4 Å². The van der Waals surface area contributed by atoms with Crippen LogP contribution in [0.25, 0.3) is 0 Å². The van der Waals surface area contributed by atoms with Gasteiger partial charge in [-0.1, -0.05) is 0 Å². The van der Waals surface area contributed by atoms with Gasteiger partial charge in [0.05, 0.1) is 11.6 Å². The summed E-state index contributed by atoms with van der Waals surface area (Å²) in [5.41, 5.74) is -1.60. The number of ether oxygens (including phenoxy) is 1. The van der Waals surface area contributed by atoms with Gasteiger partial charge in [0.15, 0.2) is 0 Å². The lowest BCUT2D eigenvalue weighted by Crippen LogP contribution is -2.73. The summed E-state index contributed by atoms with van der Waals surface area (Å²) >= 11 is 0. The smallest absolute Gasteiger partial charge is 0.217 e. The summed E-state index contributed by atoms with van der Waals surface area (Å²) in [6.45, 7) is 10.3. The predicted octanol–water partition coefficient (Wildman–Crippen LogP) is 2.14. The van der Waals surface area contributed by atoms with Gasteiger partial charge in [-0.25, -0.2) is 0 Å². The number of rotatable bonds is 1. The van der Waals surface area contributed by atoms with Crippen LogP contribution in [0.3, 0.4) is 0 Å². The van der Waals surface area contributed by atoms with Gasteiger partial charge in [0, 0.05) is 12.5 Å². The quantitative estimate of drug-likeness (QED) is 0.832. The fraction of sp³-hybridized carbons (Fsp3) is 0.529. The first-order chi connectivity index (χ1) is 9.98. The van der Waals surface area contributed by atoms with E-state index in [1.165, 1.54) is 6.92 Å². The van der Waals surface area contributed by atoms with Crippen molar-refractivity contribution in [3.8, 4) is 11.8 Å². The van der Waals surface area contributed by atoms with Crippen molar-refractivity contribution >= 4 is 5.91 Å². The topological polar surface area (TPSA) is 82.3 Å². The number of hydrogen-bond donors (Lipinski definition) is 2. The molecule has 0 saturated heterocycles. The Morgan fingerprint density at radius 1 is 1.32 bits per heavy atom. The molecule has 1 aromatic carbocycles. The minimum absolute atomic E-state index is 0.253. The van der Waals surface area contributed by atoms with Crippen molar-refractivity contribution in [3.05, 3.63) is 28.8 Å². The number of carbonyl (C=O) groups is 1. The van der Waals surface area contributed by atoms with E-state index in [0.717, 1.165) is 0 Å². The molecular weight excluding hydrogens is 280 g/mol. The Morgan fingerprint density at radius 3 is 2.41 bits per heavy atom. The second-order valence-corrected chi connectivity index (χ2v) is 6.71. The molecule has 0 spiro atoms. The van der Waals surface area contributed by atoms with Crippen molar-refractivity contribution in [1.29, 1.82) is 5.26 Å². The van der Waals surface area contributed by atoms with Crippen LogP contribution in [0.1, 0.15) is 51.3 Å². The molecule has 0 aromatic heterocycles. The number of amides is 1. The van der Waals surface area contributed by atoms with Crippen LogP contribution in [-0.4, -0.2) is 22.2 Å². The average molecular weight is 302 g/mol. The third kappa shape index (κ3) is 1.98. The van der Waals surface area contributed by atoms with E-state index in [1.807, 2.05) is 13.8 Å². The molecule has 2 atom stereocenters. The van der Waals surface area contributed by atoms with Crippen molar-refractivity contribution in [2.24, 2.45) is 0 Å². The third-order valence-corrected chi connectivity index (χ3v) is 5.00. The van der Waals surface area contributed by atoms with Crippen molar-refractivity contribution in [3.63, 3.8) is 0 Å². The summed E-state index contributed by atoms with van der Waals surface area (Å²) in [6.07, 6.45) is 0. The monoisotopic (exact) mass is 302 g/mol. The molecule has 0 aliphatic carbocycles. The van der Waals surface area contributed by atoms with Gasteiger partial charge in [-0.05, 0) is 52.3 Å². The fourth-order valence-corrected chi connectivity index (χ4v) is 3.34. The Kier molecular flexibility index (Phi) is 3.50. The first kappa shape index (κ1) is 16.3. The maximum absolute atomic E-state index is 11.7. The SMILES string of the molecule is CC(=O)NC1(C)C(C)(C)Oc2ccc(C#N)c(C)c2C1(C)O. The summed E-state index contributed by atoms with van der Waals surface area (Å²) in [7, 11) is 0. The number of nitriles is 1. The highest BCUT2D eigenvalue weighted by atomic mass is 16.5. The van der Waals surface area contributed by atoms with E-state index < -0.39 is 16.7 Å². The van der Waals surface area contributed by atoms with Crippen LogP contribution < -0.4 is 10.1 Å². The second kappa shape index (κ2) is 4.72. The number of nitrogens with one attached hydrogen (secondary N) is 1. The summed E-state index contributed by atoms with van der Waals surface area (Å²) in [5.74, 6) is 0.284. The Labute approximate surface area is 130 Å². The van der Waals surface area contributed by atoms with Gasteiger partial charge in [-0.15, -0.1) is 0 Å². The summed E-state index contributed by atoms with van der Waals surface area (Å²) in [6, 6.07) is 5.50. The molecule has 2 N–H and O–H groups in total. The first-order valence-corrected chi connectivity index (χ1v) is 7.22. The van der Waals surface area contributed by atoms with E-state index >= 15 is 0 Å². The van der Waals surface area contributed by atoms with E-state index in [-0.39, 0.29) is 5.91 Å². The van der Waals surface area contributed by atoms with E-state index in [2.05, 4.69) is 11.4 Å². The minimum atomic E-state index is -1.40. The van der Waals surface area contributed by atoms with Gasteiger partial charge in [0.1, 0.15) is 22.5 Å². The molecule has 2 unspecified atom stereocenters. The molecule has 22 heavy (non-hydrogen) atoms. The van der Waals surface area contributed by atoms with Gasteiger partial charge >= 0.3 is 0 Å². The number of aliphatic hydroxyl groups is 1. The summed E-state index contributed by atoms with van der Waals surface area (Å²) in [5, 5.41) is 23.4. The average Bonchev–Trinajstić information content (AvgIpc) is 2.35. The lowest BCUT2D eigenvalue weighted by molar-refractivity contribution is -0.155. The van der Waals surface area contributed by atoms with Crippen LogP contribution >= 0.6 is 0 Å². The van der Waals surface area contributed by atoms with Gasteiger partial charge in [0.25, 0.3) is 0 Å². The number of carbonyl (C=O) groups excluding carboxylic acids is 1. The second-order valence-electron chi connectivity index (χ2n) is 6.71. The molecule has 1 amide bonds. The standard InChI is InChI=1S/C17H22N2O3/c1-10-12(9-18)7-8-13-14(10)16(5,21)17(6,19-11(2)20)15(3,4)22-13/h7-8,21H,1-6H3,(H,19,20). The third-order valence-electron chi connectivity index (χ3n) is 5.00. The van der Waals surface area contributed by atoms with Gasteiger partial charge < -0.3 is 15.2 Å². The summed E-state index contributed by atoms with van der Waals surface area (Å²) in [4.78, 5) is 11.7. The molecule has 5 nitrogen and oxygen atoms in total. The van der Waals surface area contributed by atoms with Crippen LogP contribution in [0.2, 0.25) is 0 Å². The van der Waals surface area contributed by atoms with E-state index in [4.69, 9.17) is 4.74 Å². The zero-order valence-electron chi connectivity index (χ0n) is 13.9. The van der Waals surface area contributed by atoms with Crippen molar-refractivity contribution in [2.45, 2.75) is 58.3 Å². The predicted molar refractivity (Wildman–Crippen MR) is 82.4 cm³/mol. The fourth-order valence-electron chi connectivity index (χ4n) is 3.34. The molecule has 0 radical (unpaired) electrons. The maximum Gasteiger partial charge on any atom is 0.217 e. The highest BCUT2D eigenvalue weighted by Crippen LogP contribution is 2.51. The first-order valence-electron chi connectivity index (χ1n) is 7.22. The van der Waals surface area contributed by atoms with Crippen LogP contribution in [0.4, 0.5) is 0 Å². The molecule has 1 heterocycles. The van der Waals surface area contributed by atoms with Crippen LogP contribution in [-0.2, 0) is 10.4 Å². The number of nitrogens with zero attached hydrogens (tertiary/aromatic N) is 1. The molecule has 5 heteroatoms. The molecule has 2 rings (SSSR count). The number of hydrogen-bond acceptors (Lipinski definition) is 4. The maximum atomic E-state index is 11.7. The molecule has 1 aliphatic rings. The van der Waals surface area contributed by atoms with Crippen molar-refractivity contribution < 1.29 is 14.6 Å². The molecule has 1 aliphatic heterocycles. The van der Waals surface area contributed by atoms with Crippen LogP contribution in [0.5, 0.6) is 5.75 Å². The van der Waals surface area contributed by atoms with Gasteiger partial charge in [-0.3, -0.25) is 4.79 Å². The molecule has 0 bridgehead atoms. The molecule has 0 fully saturated rings. The Balaban J connectivity index is 2.79. The normalized spacial score (nSPS) is 29.0.